The number of hydrogen-bond donors (Lipinski definition) is 8. The number of ketones is 1. The monoisotopic (exact) mass is 1390 g/mol. The van der Waals surface area contributed by atoms with Crippen molar-refractivity contribution in [1.29, 1.82) is 0 Å². The topological polar surface area (TPSA) is 308 Å². The number of halogens is 1. The molecule has 1 aromatic carbocycles. The Balaban J connectivity index is 1.02. The zero-order valence-electron chi connectivity index (χ0n) is 50.1. The fourth-order valence-corrected chi connectivity index (χ4v) is 15.7. The van der Waals surface area contributed by atoms with Crippen LogP contribution in [0.25, 0.3) is 0 Å². The number of benzene rings is 1. The van der Waals surface area contributed by atoms with Gasteiger partial charge in [-0.25, -0.2) is 0 Å². The van der Waals surface area contributed by atoms with Crippen LogP contribution < -0.4 is 30.3 Å². The first-order chi connectivity index (χ1) is 41.7. The maximum atomic E-state index is 14.5. The second-order valence-electron chi connectivity index (χ2n) is 21.8. The molecule has 0 radical (unpaired) electrons. The van der Waals surface area contributed by atoms with E-state index in [0.29, 0.717) is 26.7 Å². The highest BCUT2D eigenvalue weighted by Gasteiger charge is 2.52. The quantitative estimate of drug-likeness (QED) is 0.0195. The molecule has 0 amide bonds. The highest BCUT2D eigenvalue weighted by molar-refractivity contribution is 14.1. The average molecular weight is 1390 g/mol. The molecule has 1 aromatic rings. The second-order valence-corrected chi connectivity index (χ2v) is 26.7. The molecule has 8 rings (SSSR count). The van der Waals surface area contributed by atoms with Crippen LogP contribution in [0.2, 0.25) is 0 Å². The van der Waals surface area contributed by atoms with Crippen molar-refractivity contribution >= 4 is 72.8 Å². The smallest absolute Gasteiger partial charge is 0.310 e. The highest BCUT2D eigenvalue weighted by Crippen LogP contribution is 2.49. The normalized spacial score (nSPS) is 36.9. The molecular weight excluding hydrogens is 1310 g/mol. The zero-order chi connectivity index (χ0) is 62.9. The summed E-state index contributed by atoms with van der Waals surface area (Å²) in [7, 11) is 10.2. The molecule has 5 heterocycles. The summed E-state index contributed by atoms with van der Waals surface area (Å²) in [6.07, 6.45) is -11.9. The van der Waals surface area contributed by atoms with Crippen LogP contribution in [0.3, 0.4) is 0 Å². The number of thioether (sulfide) groups is 1. The van der Waals surface area contributed by atoms with Gasteiger partial charge in [0.05, 0.1) is 97.8 Å². The predicted molar refractivity (Wildman–Crippen MR) is 328 cm³/mol. The van der Waals surface area contributed by atoms with Gasteiger partial charge in [-0.2, -0.15) is 5.48 Å². The summed E-state index contributed by atoms with van der Waals surface area (Å²) in [5, 5.41) is 64.2. The Labute approximate surface area is 532 Å². The number of hydrogen-bond acceptors (Lipinski definition) is 27. The molecular formula is C59H80IN3O21S3. The van der Waals surface area contributed by atoms with Gasteiger partial charge in [0.25, 0.3) is 0 Å². The van der Waals surface area contributed by atoms with Gasteiger partial charge in [-0.1, -0.05) is 70.0 Å². The minimum absolute atomic E-state index is 0.00862. The summed E-state index contributed by atoms with van der Waals surface area (Å²) in [6.45, 7) is 11.2. The molecule has 0 spiro atoms. The van der Waals surface area contributed by atoms with E-state index in [9.17, 15) is 39.9 Å². The van der Waals surface area contributed by atoms with E-state index < -0.39 is 133 Å². The van der Waals surface area contributed by atoms with Gasteiger partial charge in [-0.3, -0.25) is 19.2 Å². The lowest BCUT2D eigenvalue weighted by Crippen LogP contribution is -2.65. The first-order valence-electron chi connectivity index (χ1n) is 28.8. The van der Waals surface area contributed by atoms with Crippen LogP contribution in [0.1, 0.15) is 75.7 Å². The number of hydroxylamine groups is 1. The Morgan fingerprint density at radius 2 is 1.64 bits per heavy atom. The summed E-state index contributed by atoms with van der Waals surface area (Å²) in [6, 6.07) is -1.25. The van der Waals surface area contributed by atoms with Crippen molar-refractivity contribution in [2.45, 2.75) is 187 Å². The number of allylic oxidation sites excluding steroid dienone is 2. The average Bonchev–Trinajstić information content (AvgIpc) is 1.04. The van der Waals surface area contributed by atoms with E-state index in [2.05, 4.69) is 39.8 Å². The Kier molecular flexibility index (Phi) is 25.6. The number of aliphatic hydroxyl groups is 5. The molecule has 5 aliphatic heterocycles. The number of ether oxygens (including phenoxy) is 12. The number of likely N-dealkylation sites (N-methyl/N-ethyl adjacent to an activating group) is 1. The third-order valence-corrected chi connectivity index (χ3v) is 21.6. The van der Waals surface area contributed by atoms with E-state index in [1.807, 2.05) is 29.5 Å². The van der Waals surface area contributed by atoms with E-state index in [1.165, 1.54) is 40.6 Å². The largest absolute Gasteiger partial charge is 0.492 e. The first-order valence-corrected chi connectivity index (χ1v) is 33.1. The molecule has 20 atom stereocenters. The van der Waals surface area contributed by atoms with Crippen LogP contribution in [0, 0.1) is 34.2 Å². The van der Waals surface area contributed by atoms with Crippen molar-refractivity contribution in [3.8, 4) is 40.9 Å². The number of carbonyl (C=O) groups is 3. The molecule has 2 bridgehead atoms. The van der Waals surface area contributed by atoms with Crippen LogP contribution >= 0.6 is 55.9 Å². The van der Waals surface area contributed by atoms with Gasteiger partial charge in [0.2, 0.25) is 17.2 Å². The number of aliphatic hydroxyl groups excluding tert-OH is 4. The lowest BCUT2D eigenvalue weighted by Gasteiger charge is -2.46. The van der Waals surface area contributed by atoms with Crippen LogP contribution in [0.4, 0.5) is 0 Å². The molecule has 0 unspecified atom stereocenters. The maximum Gasteiger partial charge on any atom is 0.310 e. The van der Waals surface area contributed by atoms with Gasteiger partial charge < -0.3 is 93.0 Å². The summed E-state index contributed by atoms with van der Waals surface area (Å²) in [4.78, 5) is 48.0. The van der Waals surface area contributed by atoms with Crippen molar-refractivity contribution in [1.82, 2.24) is 16.1 Å². The Morgan fingerprint density at radius 1 is 0.897 bits per heavy atom. The number of fused-ring (bicyclic) bond motifs is 2. The zero-order valence-corrected chi connectivity index (χ0v) is 54.8. The molecule has 28 heteroatoms. The summed E-state index contributed by atoms with van der Waals surface area (Å²) < 4.78 is 73.0. The summed E-state index contributed by atoms with van der Waals surface area (Å²) >= 11 is 2.84. The van der Waals surface area contributed by atoms with Gasteiger partial charge in [-0.15, -0.1) is 0 Å². The van der Waals surface area contributed by atoms with Crippen molar-refractivity contribution in [2.24, 2.45) is 0 Å². The molecule has 8 N–H and O–H groups in total. The van der Waals surface area contributed by atoms with E-state index in [0.717, 1.165) is 31.3 Å². The Hall–Kier alpha value is -3.13. The molecule has 87 heavy (non-hydrogen) atoms. The van der Waals surface area contributed by atoms with Crippen molar-refractivity contribution in [3.05, 3.63) is 49.6 Å². The van der Waals surface area contributed by atoms with E-state index >= 15 is 0 Å². The van der Waals surface area contributed by atoms with Gasteiger partial charge in [-0.05, 0) is 87.5 Å². The van der Waals surface area contributed by atoms with Gasteiger partial charge >= 0.3 is 5.97 Å². The third kappa shape index (κ3) is 16.2. The summed E-state index contributed by atoms with van der Waals surface area (Å²) in [5.74, 6) is 11.0. The molecule has 5 fully saturated rings. The molecule has 5 saturated heterocycles. The fraction of sp³-hybridized carbons (Fsp3) is 0.678. The fourth-order valence-electron chi connectivity index (χ4n) is 11.5. The van der Waals surface area contributed by atoms with Gasteiger partial charge in [0.1, 0.15) is 36.6 Å². The van der Waals surface area contributed by atoms with Crippen LogP contribution in [0.15, 0.2) is 34.9 Å². The van der Waals surface area contributed by atoms with Crippen LogP contribution in [-0.2, 0) is 57.1 Å². The SMILES string of the molecule is CCN[C@H]1CO[C@@H](O[C@H]2[C@H](O[C@H]3C#C/C=C\C#C[C@]4(O)CC(=O)C(CC(=O)OC)=C3/C4=C\CSS[C@@H]3CCNC3)O[C@H](C)[C@@H](NO[C@H]3C[C@H](O)[C@H](SC(=O)c4c(C)c(I)c(O[C@@H]5O[C@@H](C)[C@H](O)[C@@H](OC)[C@H]5O)c(OC)c4OC)[C@@H](C)O3)[C@H]2O)C[C@@H]1OC. The third-order valence-electron chi connectivity index (χ3n) is 16.1. The van der Waals surface area contributed by atoms with E-state index in [4.69, 9.17) is 61.7 Å². The molecule has 24 nitrogen and oxygen atoms in total. The van der Waals surface area contributed by atoms with Crippen molar-refractivity contribution < 1.29 is 102 Å². The van der Waals surface area contributed by atoms with Crippen LogP contribution in [-0.4, -0.2) is 230 Å². The number of rotatable bonds is 23. The van der Waals surface area contributed by atoms with E-state index in [1.54, 1.807) is 62.5 Å². The number of Topliss-reactive ketones (excluding diaryl/α,β-unsaturated/α-hetero) is 1. The molecule has 2 aliphatic carbocycles. The highest BCUT2D eigenvalue weighted by atomic mass is 127. The Morgan fingerprint density at radius 3 is 2.32 bits per heavy atom. The maximum absolute atomic E-state index is 14.5. The second kappa shape index (κ2) is 31.9. The number of nitrogens with one attached hydrogen (secondary N) is 3. The standard InChI is InChI=1S/C59H80IN3O21S3/c1-11-62-35-27-77-41(24-39(35)72-6)82-53-48(68)46(29(3)79-58(53)81-38-16-14-12-13-15-19-59(71)25-37(65)33(22-40(66)73-7)44(38)34(59)18-21-85-87-32-17-20-61-26-32)63-84-42-23-36(64)55(31(5)78-42)86-56(70)43-28(2)45(60)51(54(76-10)50(43)74-8)83-57-49(69)52(75-9)47(67)30(4)80-57/h12-13,18,29-32,35-36,38-39,41-42,46-49,52-53,55,57-58,61-64,67-69,71H,11,17,20-27H2,1-10H3/b13-12-,34-18+/t29-,30+,31-,32-,35+,36+,38+,39+,41+,42+,46-,47+,48-,49-,52-,53-,55-,57+,58+,59+/m1/s1. The number of esters is 1. The lowest BCUT2D eigenvalue weighted by atomic mass is 9.72. The first kappa shape index (κ1) is 69.8. The molecule has 0 aromatic heterocycles. The molecule has 482 valence electrons. The number of carbonyl (C=O) groups excluding carboxylic acids is 3. The molecule has 7 aliphatic rings. The minimum atomic E-state index is -2.02. The van der Waals surface area contributed by atoms with Gasteiger partial charge in [0.15, 0.2) is 41.8 Å². The van der Waals surface area contributed by atoms with Gasteiger partial charge in [0, 0.05) is 61.3 Å². The van der Waals surface area contributed by atoms with E-state index in [-0.39, 0.29) is 71.1 Å². The van der Waals surface area contributed by atoms with Crippen molar-refractivity contribution in [2.75, 3.05) is 67.5 Å². The molecule has 0 saturated carbocycles. The number of methoxy groups -OCH3 is 5. The lowest BCUT2D eigenvalue weighted by molar-refractivity contribution is -0.336. The Bertz CT molecular complexity index is 2810. The van der Waals surface area contributed by atoms with Crippen LogP contribution in [0.5, 0.6) is 17.2 Å². The summed E-state index contributed by atoms with van der Waals surface area (Å²) in [5.41, 5.74) is 1.83. The minimum Gasteiger partial charge on any atom is -0.492 e. The predicted octanol–water partition coefficient (Wildman–Crippen LogP) is 2.53. The van der Waals surface area contributed by atoms with Crippen molar-refractivity contribution in [3.63, 3.8) is 0 Å².